The van der Waals surface area contributed by atoms with Crippen molar-refractivity contribution in [1.29, 1.82) is 0 Å². The second-order valence-electron chi connectivity index (χ2n) is 3.64. The summed E-state index contributed by atoms with van der Waals surface area (Å²) in [4.78, 5) is 4.21. The summed E-state index contributed by atoms with van der Waals surface area (Å²) in [6, 6.07) is 8.35. The number of benzene rings is 1. The molecule has 0 bridgehead atoms. The van der Waals surface area contributed by atoms with Crippen LogP contribution in [0.3, 0.4) is 0 Å². The van der Waals surface area contributed by atoms with E-state index in [1.807, 2.05) is 12.1 Å². The minimum absolute atomic E-state index is 0.256. The molecule has 0 aliphatic heterocycles. The van der Waals surface area contributed by atoms with Crippen LogP contribution in [-0.2, 0) is 0 Å². The fourth-order valence-electron chi connectivity index (χ4n) is 1.70. The maximum Gasteiger partial charge on any atom is 0.182 e. The maximum atomic E-state index is 13.1. The number of aromatic nitrogens is 3. The van der Waals surface area contributed by atoms with Crippen molar-refractivity contribution in [2.24, 2.45) is 0 Å². The van der Waals surface area contributed by atoms with E-state index in [0.29, 0.717) is 5.65 Å². The van der Waals surface area contributed by atoms with E-state index in [1.54, 1.807) is 12.3 Å². The minimum atomic E-state index is -0.256. The first-order valence-electron chi connectivity index (χ1n) is 4.99. The number of fused-ring (bicyclic) bond motifs is 1. The molecular formula is C12H7BrFN3. The van der Waals surface area contributed by atoms with Gasteiger partial charge in [-0.25, -0.2) is 9.37 Å². The third-order valence-corrected chi connectivity index (χ3v) is 3.13. The average molecular weight is 292 g/mol. The van der Waals surface area contributed by atoms with Crippen molar-refractivity contribution in [2.45, 2.75) is 0 Å². The largest absolute Gasteiger partial charge is 0.269 e. The van der Waals surface area contributed by atoms with E-state index in [2.05, 4.69) is 31.1 Å². The second kappa shape index (κ2) is 3.92. The highest BCUT2D eigenvalue weighted by Crippen LogP contribution is 2.26. The fraction of sp³-hybridized carbons (Fsp3) is 0. The quantitative estimate of drug-likeness (QED) is 0.745. The van der Waals surface area contributed by atoms with Gasteiger partial charge in [-0.2, -0.15) is 5.10 Å². The van der Waals surface area contributed by atoms with E-state index in [9.17, 15) is 4.39 Å². The Morgan fingerprint density at radius 1 is 1.18 bits per heavy atom. The molecular weight excluding hydrogens is 285 g/mol. The first kappa shape index (κ1) is 10.4. The average Bonchev–Trinajstić information content (AvgIpc) is 2.71. The molecule has 0 radical (unpaired) electrons. The molecule has 2 aromatic heterocycles. The number of nitrogens with one attached hydrogen (secondary N) is 1. The van der Waals surface area contributed by atoms with E-state index >= 15 is 0 Å². The molecule has 0 saturated carbocycles. The van der Waals surface area contributed by atoms with Gasteiger partial charge in [0.05, 0.1) is 5.39 Å². The van der Waals surface area contributed by atoms with Gasteiger partial charge in [0.25, 0.3) is 0 Å². The van der Waals surface area contributed by atoms with Gasteiger partial charge in [0.1, 0.15) is 10.4 Å². The van der Waals surface area contributed by atoms with E-state index in [1.165, 1.54) is 12.1 Å². The van der Waals surface area contributed by atoms with Crippen LogP contribution in [0.4, 0.5) is 4.39 Å². The molecule has 3 rings (SSSR count). The standard InChI is InChI=1S/C12H7BrFN3/c13-11-10-5-8(6-15-12(10)17-16-11)7-2-1-3-9(14)4-7/h1-6H,(H,15,16,17). The Morgan fingerprint density at radius 3 is 2.88 bits per heavy atom. The number of hydrogen-bond donors (Lipinski definition) is 1. The lowest BCUT2D eigenvalue weighted by Gasteiger charge is -2.01. The molecule has 84 valence electrons. The highest BCUT2D eigenvalue weighted by atomic mass is 79.9. The van der Waals surface area contributed by atoms with Gasteiger partial charge in [-0.1, -0.05) is 12.1 Å². The molecule has 0 saturated heterocycles. The Kier molecular flexibility index (Phi) is 2.40. The molecule has 0 atom stereocenters. The van der Waals surface area contributed by atoms with Crippen molar-refractivity contribution in [3.8, 4) is 11.1 Å². The van der Waals surface area contributed by atoms with E-state index in [0.717, 1.165) is 21.1 Å². The van der Waals surface area contributed by atoms with Gasteiger partial charge in [-0.15, -0.1) is 0 Å². The minimum Gasteiger partial charge on any atom is -0.269 e. The molecule has 1 N–H and O–H groups in total. The summed E-state index contributed by atoms with van der Waals surface area (Å²) in [5, 5.41) is 7.69. The highest BCUT2D eigenvalue weighted by molar-refractivity contribution is 9.10. The van der Waals surface area contributed by atoms with E-state index in [4.69, 9.17) is 0 Å². The van der Waals surface area contributed by atoms with Crippen LogP contribution in [0, 0.1) is 5.82 Å². The van der Waals surface area contributed by atoms with Crippen molar-refractivity contribution < 1.29 is 4.39 Å². The zero-order valence-electron chi connectivity index (χ0n) is 8.61. The molecule has 3 nitrogen and oxygen atoms in total. The topological polar surface area (TPSA) is 41.6 Å². The van der Waals surface area contributed by atoms with Gasteiger partial charge in [-0.05, 0) is 39.7 Å². The molecule has 2 heterocycles. The maximum absolute atomic E-state index is 13.1. The third-order valence-electron chi connectivity index (χ3n) is 2.52. The number of pyridine rings is 1. The summed E-state index contributed by atoms with van der Waals surface area (Å²) in [5.41, 5.74) is 2.30. The van der Waals surface area contributed by atoms with Crippen molar-refractivity contribution in [1.82, 2.24) is 15.2 Å². The first-order valence-corrected chi connectivity index (χ1v) is 5.79. The summed E-state index contributed by atoms with van der Waals surface area (Å²) in [5.74, 6) is -0.256. The van der Waals surface area contributed by atoms with Gasteiger partial charge in [0, 0.05) is 11.8 Å². The monoisotopic (exact) mass is 291 g/mol. The molecule has 0 amide bonds. The molecule has 0 unspecified atom stereocenters. The van der Waals surface area contributed by atoms with Crippen LogP contribution >= 0.6 is 15.9 Å². The predicted octanol–water partition coefficient (Wildman–Crippen LogP) is 3.53. The zero-order valence-corrected chi connectivity index (χ0v) is 10.2. The Balaban J connectivity index is 2.20. The van der Waals surface area contributed by atoms with Crippen molar-refractivity contribution in [3.63, 3.8) is 0 Å². The van der Waals surface area contributed by atoms with Crippen LogP contribution in [0.1, 0.15) is 0 Å². The number of rotatable bonds is 1. The van der Waals surface area contributed by atoms with Crippen LogP contribution < -0.4 is 0 Å². The summed E-state index contributed by atoms with van der Waals surface area (Å²) < 4.78 is 13.9. The Hall–Kier alpha value is -1.75. The second-order valence-corrected chi connectivity index (χ2v) is 4.44. The van der Waals surface area contributed by atoms with Gasteiger partial charge >= 0.3 is 0 Å². The van der Waals surface area contributed by atoms with Crippen LogP contribution in [0.15, 0.2) is 41.1 Å². The van der Waals surface area contributed by atoms with Crippen LogP contribution in [0.25, 0.3) is 22.2 Å². The highest BCUT2D eigenvalue weighted by Gasteiger charge is 2.06. The summed E-state index contributed by atoms with van der Waals surface area (Å²) >= 11 is 3.36. The smallest absolute Gasteiger partial charge is 0.182 e. The van der Waals surface area contributed by atoms with Crippen molar-refractivity contribution >= 4 is 27.0 Å². The molecule has 0 aliphatic rings. The van der Waals surface area contributed by atoms with E-state index in [-0.39, 0.29) is 5.82 Å². The molecule has 0 spiro atoms. The Labute approximate surface area is 105 Å². The number of hydrogen-bond acceptors (Lipinski definition) is 2. The van der Waals surface area contributed by atoms with Gasteiger partial charge in [0.15, 0.2) is 5.65 Å². The molecule has 17 heavy (non-hydrogen) atoms. The number of H-pyrrole nitrogens is 1. The lowest BCUT2D eigenvalue weighted by atomic mass is 10.1. The molecule has 5 heteroatoms. The zero-order chi connectivity index (χ0) is 11.8. The summed E-state index contributed by atoms with van der Waals surface area (Å²) in [6.45, 7) is 0. The Bertz CT molecular complexity index is 693. The predicted molar refractivity (Wildman–Crippen MR) is 67.0 cm³/mol. The van der Waals surface area contributed by atoms with Gasteiger partial charge in [-0.3, -0.25) is 5.10 Å². The van der Waals surface area contributed by atoms with Gasteiger partial charge < -0.3 is 0 Å². The first-order chi connectivity index (χ1) is 8.24. The summed E-state index contributed by atoms with van der Waals surface area (Å²) in [6.07, 6.45) is 1.68. The molecule has 3 aromatic rings. The Morgan fingerprint density at radius 2 is 2.06 bits per heavy atom. The van der Waals surface area contributed by atoms with Crippen molar-refractivity contribution in [2.75, 3.05) is 0 Å². The van der Waals surface area contributed by atoms with Crippen LogP contribution in [0.2, 0.25) is 0 Å². The van der Waals surface area contributed by atoms with Crippen LogP contribution in [0.5, 0.6) is 0 Å². The number of halogens is 2. The molecule has 1 aromatic carbocycles. The molecule has 0 aliphatic carbocycles. The molecule has 0 fully saturated rings. The van der Waals surface area contributed by atoms with Crippen molar-refractivity contribution in [3.05, 3.63) is 46.9 Å². The number of aromatic amines is 1. The van der Waals surface area contributed by atoms with E-state index < -0.39 is 0 Å². The van der Waals surface area contributed by atoms with Gasteiger partial charge in [0.2, 0.25) is 0 Å². The SMILES string of the molecule is Fc1cccc(-c2cnc3n[nH]c(Br)c3c2)c1. The third kappa shape index (κ3) is 1.82. The lowest BCUT2D eigenvalue weighted by molar-refractivity contribution is 0.628. The fourth-order valence-corrected chi connectivity index (χ4v) is 2.08. The van der Waals surface area contributed by atoms with Crippen LogP contribution in [-0.4, -0.2) is 15.2 Å². The lowest BCUT2D eigenvalue weighted by Crippen LogP contribution is -1.83. The summed E-state index contributed by atoms with van der Waals surface area (Å²) in [7, 11) is 0. The normalized spacial score (nSPS) is 10.9. The number of nitrogens with zero attached hydrogens (tertiary/aromatic N) is 2.